The first kappa shape index (κ1) is 7.94. The van der Waals surface area contributed by atoms with E-state index in [1.807, 2.05) is 0 Å². The predicted octanol–water partition coefficient (Wildman–Crippen LogP) is -0.418. The molecule has 0 aromatic rings. The summed E-state index contributed by atoms with van der Waals surface area (Å²) in [7, 11) is 1.43. The summed E-state index contributed by atoms with van der Waals surface area (Å²) in [6.45, 7) is 0. The zero-order valence-corrected chi connectivity index (χ0v) is 7.10. The van der Waals surface area contributed by atoms with Gasteiger partial charge in [0.05, 0.1) is 0 Å². The summed E-state index contributed by atoms with van der Waals surface area (Å²) >= 11 is 7.82. The van der Waals surface area contributed by atoms with E-state index in [-0.39, 0.29) is 11.8 Å². The van der Waals surface area contributed by atoms with Crippen molar-refractivity contribution in [2.75, 3.05) is 7.05 Å². The number of likely N-dealkylation sites (tertiary alicyclic amines) is 1. The van der Waals surface area contributed by atoms with Crippen LogP contribution >= 0.6 is 25.3 Å². The molecule has 2 atom stereocenters. The zero-order chi connectivity index (χ0) is 7.89. The smallest absolute Gasteiger partial charge is 0.243 e. The molecule has 0 N–H and O–H groups in total. The highest BCUT2D eigenvalue weighted by Crippen LogP contribution is 2.21. The Morgan fingerprint density at radius 3 is 1.60 bits per heavy atom. The van der Waals surface area contributed by atoms with E-state index >= 15 is 0 Å². The van der Waals surface area contributed by atoms with E-state index in [2.05, 4.69) is 25.3 Å². The molecule has 1 aliphatic heterocycles. The van der Waals surface area contributed by atoms with Crippen LogP contribution in [0.4, 0.5) is 0 Å². The maximum Gasteiger partial charge on any atom is 0.243 e. The highest BCUT2D eigenvalue weighted by atomic mass is 32.1. The van der Waals surface area contributed by atoms with Gasteiger partial charge in [-0.1, -0.05) is 0 Å². The van der Waals surface area contributed by atoms with Gasteiger partial charge < -0.3 is 0 Å². The first-order valence-electron chi connectivity index (χ1n) is 2.73. The minimum atomic E-state index is -0.569. The van der Waals surface area contributed by atoms with Gasteiger partial charge in [0.15, 0.2) is 0 Å². The number of amides is 2. The van der Waals surface area contributed by atoms with E-state index in [1.54, 1.807) is 0 Å². The van der Waals surface area contributed by atoms with Gasteiger partial charge in [-0.15, -0.1) is 0 Å². The summed E-state index contributed by atoms with van der Waals surface area (Å²) in [6, 6.07) is 0. The Morgan fingerprint density at radius 1 is 1.20 bits per heavy atom. The van der Waals surface area contributed by atoms with Crippen molar-refractivity contribution < 1.29 is 9.59 Å². The van der Waals surface area contributed by atoms with Crippen molar-refractivity contribution in [3.8, 4) is 0 Å². The topological polar surface area (TPSA) is 37.4 Å². The second-order valence-electron chi connectivity index (χ2n) is 2.13. The molecule has 0 saturated carbocycles. The lowest BCUT2D eigenvalue weighted by Gasteiger charge is -2.02. The van der Waals surface area contributed by atoms with E-state index in [9.17, 15) is 9.59 Å². The van der Waals surface area contributed by atoms with Gasteiger partial charge >= 0.3 is 0 Å². The van der Waals surface area contributed by atoms with Crippen molar-refractivity contribution in [2.24, 2.45) is 0 Å². The van der Waals surface area contributed by atoms with Gasteiger partial charge in [0.2, 0.25) is 11.8 Å². The number of thiol groups is 2. The number of hydrogen-bond acceptors (Lipinski definition) is 4. The molecular formula is C5H7NO2S2. The fourth-order valence-corrected chi connectivity index (χ4v) is 1.38. The molecule has 2 unspecified atom stereocenters. The summed E-state index contributed by atoms with van der Waals surface area (Å²) < 4.78 is 0. The SMILES string of the molecule is CN1C(=O)C(S)C(S)C1=O. The Bertz CT molecular complexity index is 174. The maximum absolute atomic E-state index is 10.9. The van der Waals surface area contributed by atoms with Crippen LogP contribution in [0, 0.1) is 0 Å². The third-order valence-electron chi connectivity index (χ3n) is 1.47. The van der Waals surface area contributed by atoms with Crippen LogP contribution in [0.2, 0.25) is 0 Å². The number of rotatable bonds is 0. The first-order chi connectivity index (χ1) is 4.55. The van der Waals surface area contributed by atoms with Crippen LogP contribution in [0.25, 0.3) is 0 Å². The maximum atomic E-state index is 10.9. The number of imide groups is 1. The molecule has 0 aromatic heterocycles. The van der Waals surface area contributed by atoms with E-state index < -0.39 is 10.5 Å². The highest BCUT2D eigenvalue weighted by molar-refractivity contribution is 7.86. The Labute approximate surface area is 69.6 Å². The molecule has 3 nitrogen and oxygen atoms in total. The van der Waals surface area contributed by atoms with Crippen LogP contribution < -0.4 is 0 Å². The van der Waals surface area contributed by atoms with Crippen molar-refractivity contribution >= 4 is 37.1 Å². The van der Waals surface area contributed by atoms with Crippen molar-refractivity contribution in [1.82, 2.24) is 4.90 Å². The van der Waals surface area contributed by atoms with Gasteiger partial charge in [0.1, 0.15) is 10.5 Å². The number of hydrogen-bond donors (Lipinski definition) is 2. The summed E-state index contributed by atoms with van der Waals surface area (Å²) in [6.07, 6.45) is 0. The van der Waals surface area contributed by atoms with Crippen molar-refractivity contribution in [1.29, 1.82) is 0 Å². The second kappa shape index (κ2) is 2.47. The minimum Gasteiger partial charge on any atom is -0.284 e. The summed E-state index contributed by atoms with van der Waals surface area (Å²) in [5, 5.41) is -1.14. The van der Waals surface area contributed by atoms with Gasteiger partial charge in [-0.25, -0.2) is 0 Å². The lowest BCUT2D eigenvalue weighted by atomic mass is 10.3. The molecule has 1 fully saturated rings. The van der Waals surface area contributed by atoms with Crippen molar-refractivity contribution in [3.05, 3.63) is 0 Å². The lowest BCUT2D eigenvalue weighted by Crippen LogP contribution is -2.26. The summed E-state index contributed by atoms with van der Waals surface area (Å²) in [4.78, 5) is 22.9. The number of carbonyl (C=O) groups is 2. The van der Waals surface area contributed by atoms with Crippen molar-refractivity contribution in [2.45, 2.75) is 10.5 Å². The normalized spacial score (nSPS) is 33.7. The average Bonchev–Trinajstić information content (AvgIpc) is 2.07. The van der Waals surface area contributed by atoms with Crippen LogP contribution in [-0.2, 0) is 9.59 Å². The monoisotopic (exact) mass is 177 g/mol. The van der Waals surface area contributed by atoms with Gasteiger partial charge in [-0.05, 0) is 0 Å². The Kier molecular flexibility index (Phi) is 1.96. The number of carbonyl (C=O) groups excluding carboxylic acids is 2. The average molecular weight is 177 g/mol. The van der Waals surface area contributed by atoms with Crippen molar-refractivity contribution in [3.63, 3.8) is 0 Å². The Morgan fingerprint density at radius 2 is 1.50 bits per heavy atom. The van der Waals surface area contributed by atoms with E-state index in [1.165, 1.54) is 7.05 Å². The molecule has 2 amide bonds. The molecule has 1 saturated heterocycles. The minimum absolute atomic E-state index is 0.270. The predicted molar refractivity (Wildman–Crippen MR) is 43.3 cm³/mol. The molecule has 0 aliphatic carbocycles. The molecule has 0 spiro atoms. The summed E-state index contributed by atoms with van der Waals surface area (Å²) in [5.74, 6) is -0.540. The highest BCUT2D eigenvalue weighted by Gasteiger charge is 2.41. The third-order valence-corrected chi connectivity index (χ3v) is 2.74. The largest absolute Gasteiger partial charge is 0.284 e. The standard InChI is InChI=1S/C5H7NO2S2/c1-6-4(7)2(9)3(10)5(6)8/h2-3,9-10H,1H3. The molecule has 5 heteroatoms. The Hall–Kier alpha value is -0.160. The molecule has 0 radical (unpaired) electrons. The molecule has 1 rings (SSSR count). The van der Waals surface area contributed by atoms with Crippen LogP contribution in [-0.4, -0.2) is 34.3 Å². The van der Waals surface area contributed by atoms with Gasteiger partial charge in [0, 0.05) is 7.05 Å². The van der Waals surface area contributed by atoms with Crippen LogP contribution in [0.3, 0.4) is 0 Å². The Balaban J connectivity index is 2.89. The third kappa shape index (κ3) is 0.932. The van der Waals surface area contributed by atoms with E-state index in [0.29, 0.717) is 0 Å². The zero-order valence-electron chi connectivity index (χ0n) is 5.31. The molecule has 10 heavy (non-hydrogen) atoms. The van der Waals surface area contributed by atoms with E-state index in [4.69, 9.17) is 0 Å². The van der Waals surface area contributed by atoms with Crippen LogP contribution in [0.5, 0.6) is 0 Å². The molecule has 0 aromatic carbocycles. The fraction of sp³-hybridized carbons (Fsp3) is 0.600. The van der Waals surface area contributed by atoms with Gasteiger partial charge in [-0.2, -0.15) is 25.3 Å². The molecule has 1 heterocycles. The first-order valence-corrected chi connectivity index (χ1v) is 3.76. The lowest BCUT2D eigenvalue weighted by molar-refractivity contribution is -0.136. The van der Waals surface area contributed by atoms with E-state index in [0.717, 1.165) is 4.90 Å². The molecule has 56 valence electrons. The fourth-order valence-electron chi connectivity index (χ4n) is 0.776. The molecule has 0 bridgehead atoms. The van der Waals surface area contributed by atoms with Gasteiger partial charge in [0.25, 0.3) is 0 Å². The van der Waals surface area contributed by atoms with Gasteiger partial charge in [-0.3, -0.25) is 14.5 Å². The molecular weight excluding hydrogens is 170 g/mol. The summed E-state index contributed by atoms with van der Waals surface area (Å²) in [5.41, 5.74) is 0. The second-order valence-corrected chi connectivity index (χ2v) is 3.24. The quantitative estimate of drug-likeness (QED) is 0.389. The van der Waals surface area contributed by atoms with Crippen LogP contribution in [0.1, 0.15) is 0 Å². The number of nitrogens with zero attached hydrogens (tertiary/aromatic N) is 1. The van der Waals surface area contributed by atoms with Crippen LogP contribution in [0.15, 0.2) is 0 Å². The molecule has 1 aliphatic rings.